The van der Waals surface area contributed by atoms with Gasteiger partial charge in [0.15, 0.2) is 11.6 Å². The van der Waals surface area contributed by atoms with Gasteiger partial charge in [0.2, 0.25) is 10.0 Å². The van der Waals surface area contributed by atoms with Crippen molar-refractivity contribution in [2.75, 3.05) is 16.6 Å². The van der Waals surface area contributed by atoms with E-state index in [0.29, 0.717) is 18.4 Å². The van der Waals surface area contributed by atoms with E-state index in [0.717, 1.165) is 6.07 Å². The molecule has 1 fully saturated rings. The van der Waals surface area contributed by atoms with Gasteiger partial charge >= 0.3 is 0 Å². The number of rotatable bonds is 10. The zero-order chi connectivity index (χ0) is 24.8. The Morgan fingerprint density at radius 1 is 1.06 bits per heavy atom. The lowest BCUT2D eigenvalue weighted by atomic mass is 10.2. The standard InChI is InChI=1S/C22H23F3N2O3S.C2H6/c1-4-8-22(9-10-22)31(28,29)27-20-18(30-11-5-2)13-16(24)19(25)21(20)26-17-7-6-14(3)12-15(17)23;1-2/h4-7,12-13,26-27H,1-2,8-11H2,3H3;1-2H3. The first-order valence-electron chi connectivity index (χ1n) is 10.6. The zero-order valence-corrected chi connectivity index (χ0v) is 19.8. The summed E-state index contributed by atoms with van der Waals surface area (Å²) in [5, 5.41) is 2.48. The van der Waals surface area contributed by atoms with Crippen LogP contribution in [-0.2, 0) is 10.0 Å². The van der Waals surface area contributed by atoms with Gasteiger partial charge in [0.25, 0.3) is 0 Å². The monoisotopic (exact) mass is 482 g/mol. The number of hydrogen-bond donors (Lipinski definition) is 2. The van der Waals surface area contributed by atoms with E-state index in [2.05, 4.69) is 23.2 Å². The Morgan fingerprint density at radius 2 is 1.73 bits per heavy atom. The largest absolute Gasteiger partial charge is 0.487 e. The predicted molar refractivity (Wildman–Crippen MR) is 127 cm³/mol. The Hall–Kier alpha value is -2.94. The number of nitrogens with one attached hydrogen (secondary N) is 2. The van der Waals surface area contributed by atoms with Crippen molar-refractivity contribution in [2.45, 2.75) is 44.8 Å². The van der Waals surface area contributed by atoms with Crippen molar-refractivity contribution in [3.8, 4) is 5.75 Å². The average Bonchev–Trinajstić information content (AvgIpc) is 3.57. The Morgan fingerprint density at radius 3 is 2.27 bits per heavy atom. The van der Waals surface area contributed by atoms with Crippen molar-refractivity contribution < 1.29 is 26.3 Å². The first kappa shape index (κ1) is 26.3. The van der Waals surface area contributed by atoms with Gasteiger partial charge in [-0.15, -0.1) is 6.58 Å². The summed E-state index contributed by atoms with van der Waals surface area (Å²) in [6, 6.07) is 4.87. The highest BCUT2D eigenvalue weighted by Crippen LogP contribution is 2.49. The molecule has 1 saturated carbocycles. The number of sulfonamides is 1. The number of ether oxygens (including phenoxy) is 1. The minimum atomic E-state index is -4.02. The van der Waals surface area contributed by atoms with Gasteiger partial charge in [0.05, 0.1) is 10.4 Å². The fraction of sp³-hybridized carbons (Fsp3) is 0.333. The van der Waals surface area contributed by atoms with Crippen LogP contribution in [0.2, 0.25) is 0 Å². The number of allylic oxidation sites excluding steroid dienone is 1. The molecule has 0 aliphatic heterocycles. The van der Waals surface area contributed by atoms with Crippen LogP contribution in [0.1, 0.15) is 38.7 Å². The van der Waals surface area contributed by atoms with Crippen molar-refractivity contribution in [2.24, 2.45) is 0 Å². The lowest BCUT2D eigenvalue weighted by Crippen LogP contribution is -2.30. The zero-order valence-electron chi connectivity index (χ0n) is 19.0. The number of benzene rings is 2. The van der Waals surface area contributed by atoms with Crippen molar-refractivity contribution in [3.63, 3.8) is 0 Å². The van der Waals surface area contributed by atoms with E-state index in [1.165, 1.54) is 24.3 Å². The molecule has 0 spiro atoms. The van der Waals surface area contributed by atoms with E-state index in [4.69, 9.17) is 4.74 Å². The number of hydrogen-bond acceptors (Lipinski definition) is 4. The quantitative estimate of drug-likeness (QED) is 0.375. The first-order valence-corrected chi connectivity index (χ1v) is 12.0. The number of halogens is 3. The summed E-state index contributed by atoms with van der Waals surface area (Å²) in [5.74, 6) is -3.63. The fourth-order valence-corrected chi connectivity index (χ4v) is 4.83. The number of aryl methyl sites for hydroxylation is 1. The van der Waals surface area contributed by atoms with Crippen molar-refractivity contribution in [1.82, 2.24) is 0 Å². The van der Waals surface area contributed by atoms with Gasteiger partial charge in [-0.05, 0) is 43.9 Å². The topological polar surface area (TPSA) is 67.4 Å². The molecule has 3 rings (SSSR count). The molecular formula is C24H29F3N2O3S. The maximum Gasteiger partial charge on any atom is 0.238 e. The van der Waals surface area contributed by atoms with Crippen LogP contribution in [0.15, 0.2) is 49.6 Å². The van der Waals surface area contributed by atoms with E-state index in [1.54, 1.807) is 13.0 Å². The molecule has 1 aliphatic rings. The van der Waals surface area contributed by atoms with Crippen molar-refractivity contribution in [1.29, 1.82) is 0 Å². The molecule has 5 nitrogen and oxygen atoms in total. The molecule has 2 aromatic rings. The normalized spacial score (nSPS) is 13.9. The van der Waals surface area contributed by atoms with Gasteiger partial charge in [0, 0.05) is 6.07 Å². The molecule has 0 radical (unpaired) electrons. The first-order chi connectivity index (χ1) is 15.6. The lowest BCUT2D eigenvalue weighted by molar-refractivity contribution is 0.361. The molecule has 0 saturated heterocycles. The molecule has 0 amide bonds. The fourth-order valence-electron chi connectivity index (χ4n) is 3.17. The Balaban J connectivity index is 0.00000187. The highest BCUT2D eigenvalue weighted by molar-refractivity contribution is 7.94. The van der Waals surface area contributed by atoms with Crippen molar-refractivity contribution >= 4 is 27.1 Å². The lowest BCUT2D eigenvalue weighted by Gasteiger charge is -2.22. The van der Waals surface area contributed by atoms with Crippen LogP contribution in [0.25, 0.3) is 0 Å². The summed E-state index contributed by atoms with van der Waals surface area (Å²) in [4.78, 5) is 0. The molecule has 2 aromatic carbocycles. The molecule has 1 aliphatic carbocycles. The smallest absolute Gasteiger partial charge is 0.238 e. The molecule has 2 N–H and O–H groups in total. The molecule has 9 heteroatoms. The second-order valence-corrected chi connectivity index (χ2v) is 9.49. The van der Waals surface area contributed by atoms with Crippen LogP contribution in [0.5, 0.6) is 5.75 Å². The Labute approximate surface area is 193 Å². The van der Waals surface area contributed by atoms with Gasteiger partial charge < -0.3 is 10.1 Å². The van der Waals surface area contributed by atoms with E-state index < -0.39 is 37.9 Å². The maximum atomic E-state index is 14.8. The summed E-state index contributed by atoms with van der Waals surface area (Å²) < 4.78 is 76.3. The van der Waals surface area contributed by atoms with Gasteiger partial charge in [-0.25, -0.2) is 21.6 Å². The third-order valence-electron chi connectivity index (χ3n) is 5.05. The summed E-state index contributed by atoms with van der Waals surface area (Å²) in [6.07, 6.45) is 3.86. The van der Waals surface area contributed by atoms with Crippen LogP contribution in [0.3, 0.4) is 0 Å². The van der Waals surface area contributed by atoms with Crippen LogP contribution >= 0.6 is 0 Å². The van der Waals surface area contributed by atoms with Crippen LogP contribution in [-0.4, -0.2) is 19.8 Å². The van der Waals surface area contributed by atoms with Crippen LogP contribution in [0, 0.1) is 24.4 Å². The van der Waals surface area contributed by atoms with E-state index in [9.17, 15) is 21.6 Å². The molecule has 0 aromatic heterocycles. The van der Waals surface area contributed by atoms with E-state index >= 15 is 0 Å². The van der Waals surface area contributed by atoms with Crippen molar-refractivity contribution in [3.05, 3.63) is 72.6 Å². The maximum absolute atomic E-state index is 14.8. The Kier molecular flexibility index (Phi) is 8.60. The highest BCUT2D eigenvalue weighted by Gasteiger charge is 2.54. The summed E-state index contributed by atoms with van der Waals surface area (Å²) in [6.45, 7) is 12.7. The average molecular weight is 483 g/mol. The molecule has 180 valence electrons. The second-order valence-electron chi connectivity index (χ2n) is 7.41. The Bertz CT molecular complexity index is 1130. The van der Waals surface area contributed by atoms with Gasteiger partial charge in [-0.3, -0.25) is 4.72 Å². The third-order valence-corrected chi connectivity index (χ3v) is 7.24. The minimum absolute atomic E-state index is 0.0874. The molecule has 0 heterocycles. The van der Waals surface area contributed by atoms with Gasteiger partial charge in [-0.1, -0.05) is 38.6 Å². The number of anilines is 3. The molecule has 0 unspecified atom stereocenters. The molecule has 0 atom stereocenters. The third kappa shape index (κ3) is 5.71. The minimum Gasteiger partial charge on any atom is -0.487 e. The SMILES string of the molecule is C=CCOc1cc(F)c(F)c(Nc2ccc(C)cc2F)c1NS(=O)(=O)C1(CC=C)CC1.CC. The van der Waals surface area contributed by atoms with Crippen LogP contribution < -0.4 is 14.8 Å². The van der Waals surface area contributed by atoms with Gasteiger partial charge in [-0.2, -0.15) is 0 Å². The summed E-state index contributed by atoms with van der Waals surface area (Å²) in [5.41, 5.74) is -0.466. The molecular weight excluding hydrogens is 453 g/mol. The summed E-state index contributed by atoms with van der Waals surface area (Å²) in [7, 11) is -4.02. The second kappa shape index (κ2) is 10.8. The highest BCUT2D eigenvalue weighted by atomic mass is 32.2. The molecule has 0 bridgehead atoms. The predicted octanol–water partition coefficient (Wildman–Crippen LogP) is 6.60. The van der Waals surface area contributed by atoms with E-state index in [-0.39, 0.29) is 30.2 Å². The van der Waals surface area contributed by atoms with E-state index in [1.807, 2.05) is 13.8 Å². The van der Waals surface area contributed by atoms with Gasteiger partial charge in [0.1, 0.15) is 29.5 Å². The summed E-state index contributed by atoms with van der Waals surface area (Å²) >= 11 is 0. The molecule has 33 heavy (non-hydrogen) atoms. The van der Waals surface area contributed by atoms with Crippen LogP contribution in [0.4, 0.5) is 30.2 Å².